The fraction of sp³-hybridized carbons (Fsp3) is 0.240. The number of anilines is 1. The summed E-state index contributed by atoms with van der Waals surface area (Å²) in [5.41, 5.74) is 3.35. The average Bonchev–Trinajstić information content (AvgIpc) is 3.48. The molecule has 0 saturated carbocycles. The van der Waals surface area contributed by atoms with Crippen molar-refractivity contribution in [3.63, 3.8) is 0 Å². The Hall–Kier alpha value is -3.91. The molecule has 2 aromatic carbocycles. The zero-order valence-corrected chi connectivity index (χ0v) is 18.5. The van der Waals surface area contributed by atoms with Crippen molar-refractivity contribution in [2.45, 2.75) is 18.9 Å². The zero-order valence-electron chi connectivity index (χ0n) is 18.5. The molecule has 168 valence electrons. The first-order chi connectivity index (χ1) is 16.2. The number of aliphatic imine (C=N–C) groups is 1. The number of amidine groups is 1. The van der Waals surface area contributed by atoms with Crippen LogP contribution in [0.25, 0.3) is 16.6 Å². The largest absolute Gasteiger partial charge is 0.490 e. The number of imidazole rings is 1. The molecule has 4 aromatic rings. The van der Waals surface area contributed by atoms with Gasteiger partial charge in [0.25, 0.3) is 0 Å². The zero-order chi connectivity index (χ0) is 22.6. The predicted octanol–water partition coefficient (Wildman–Crippen LogP) is 4.38. The van der Waals surface area contributed by atoms with E-state index in [-0.39, 0.29) is 6.10 Å². The highest BCUT2D eigenvalue weighted by atomic mass is 16.5. The first-order valence-corrected chi connectivity index (χ1v) is 11.0. The summed E-state index contributed by atoms with van der Waals surface area (Å²) in [6, 6.07) is 13.9. The van der Waals surface area contributed by atoms with Crippen molar-refractivity contribution in [3.05, 3.63) is 79.0 Å². The lowest BCUT2D eigenvalue weighted by molar-refractivity contribution is 0.0256. The van der Waals surface area contributed by atoms with E-state index >= 15 is 0 Å². The van der Waals surface area contributed by atoms with Crippen molar-refractivity contribution in [3.8, 4) is 5.75 Å². The van der Waals surface area contributed by atoms with Gasteiger partial charge in [-0.3, -0.25) is 5.10 Å². The van der Waals surface area contributed by atoms with E-state index in [0.717, 1.165) is 54.0 Å². The van der Waals surface area contributed by atoms with Crippen LogP contribution < -0.4 is 10.1 Å². The first-order valence-electron chi connectivity index (χ1n) is 11.0. The van der Waals surface area contributed by atoms with E-state index < -0.39 is 0 Å². The van der Waals surface area contributed by atoms with Crippen molar-refractivity contribution in [2.24, 2.45) is 12.0 Å². The highest BCUT2D eigenvalue weighted by Gasteiger charge is 2.16. The SMILES string of the molecule is C=C(N=C(Nc1ccc(OC2CCOCC2)cc1)c1nccn1C)c1ccc2cn[nH]c2c1. The number of benzene rings is 2. The fourth-order valence-corrected chi connectivity index (χ4v) is 3.78. The number of aromatic amines is 1. The van der Waals surface area contributed by atoms with Gasteiger partial charge in [0.2, 0.25) is 0 Å². The van der Waals surface area contributed by atoms with E-state index in [1.165, 1.54) is 0 Å². The van der Waals surface area contributed by atoms with Crippen LogP contribution in [0, 0.1) is 0 Å². The molecule has 5 rings (SSSR count). The number of H-pyrrole nitrogens is 1. The van der Waals surface area contributed by atoms with Gasteiger partial charge in [-0.1, -0.05) is 18.7 Å². The van der Waals surface area contributed by atoms with Gasteiger partial charge in [0.1, 0.15) is 11.9 Å². The van der Waals surface area contributed by atoms with Crippen LogP contribution in [-0.2, 0) is 11.8 Å². The lowest BCUT2D eigenvalue weighted by Gasteiger charge is -2.23. The number of hydrogen-bond acceptors (Lipinski definition) is 5. The van der Waals surface area contributed by atoms with Gasteiger partial charge in [-0.25, -0.2) is 9.98 Å². The van der Waals surface area contributed by atoms with E-state index in [1.807, 2.05) is 60.3 Å². The Morgan fingerprint density at radius 3 is 2.79 bits per heavy atom. The van der Waals surface area contributed by atoms with E-state index in [1.54, 1.807) is 12.4 Å². The van der Waals surface area contributed by atoms with Gasteiger partial charge < -0.3 is 19.4 Å². The summed E-state index contributed by atoms with van der Waals surface area (Å²) in [4.78, 5) is 9.27. The van der Waals surface area contributed by atoms with Crippen molar-refractivity contribution in [2.75, 3.05) is 18.5 Å². The molecule has 3 heterocycles. The molecular weight excluding hydrogens is 416 g/mol. The number of fused-ring (bicyclic) bond motifs is 1. The van der Waals surface area contributed by atoms with Crippen LogP contribution in [0.15, 0.2) is 72.6 Å². The monoisotopic (exact) mass is 442 g/mol. The van der Waals surface area contributed by atoms with Crippen LogP contribution in [0.5, 0.6) is 5.75 Å². The number of aryl methyl sites for hydroxylation is 1. The molecule has 2 N–H and O–H groups in total. The first kappa shape index (κ1) is 21.0. The van der Waals surface area contributed by atoms with Crippen LogP contribution in [0.4, 0.5) is 5.69 Å². The Morgan fingerprint density at radius 2 is 2.03 bits per heavy atom. The summed E-state index contributed by atoms with van der Waals surface area (Å²) in [7, 11) is 1.93. The molecule has 0 amide bonds. The Balaban J connectivity index is 1.37. The Kier molecular flexibility index (Phi) is 5.91. The molecule has 0 aliphatic carbocycles. The normalized spacial score (nSPS) is 15.0. The Morgan fingerprint density at radius 1 is 1.21 bits per heavy atom. The third-order valence-corrected chi connectivity index (χ3v) is 5.64. The average molecular weight is 443 g/mol. The number of hydrogen-bond donors (Lipinski definition) is 2. The number of nitrogens with one attached hydrogen (secondary N) is 2. The maximum atomic E-state index is 6.08. The lowest BCUT2D eigenvalue weighted by Crippen LogP contribution is -2.25. The number of aromatic nitrogens is 4. The molecule has 0 radical (unpaired) electrons. The third-order valence-electron chi connectivity index (χ3n) is 5.64. The van der Waals surface area contributed by atoms with E-state index in [0.29, 0.717) is 17.4 Å². The summed E-state index contributed by atoms with van der Waals surface area (Å²) < 4.78 is 13.4. The fourth-order valence-electron chi connectivity index (χ4n) is 3.78. The highest BCUT2D eigenvalue weighted by molar-refractivity contribution is 6.08. The second kappa shape index (κ2) is 9.30. The van der Waals surface area contributed by atoms with Crippen molar-refractivity contribution >= 4 is 28.1 Å². The molecule has 2 aromatic heterocycles. The van der Waals surface area contributed by atoms with Gasteiger partial charge in [-0.15, -0.1) is 0 Å². The van der Waals surface area contributed by atoms with Crippen molar-refractivity contribution in [1.29, 1.82) is 0 Å². The Labute approximate surface area is 192 Å². The molecule has 1 aliphatic rings. The van der Waals surface area contributed by atoms with Crippen LogP contribution in [0.2, 0.25) is 0 Å². The molecule has 1 saturated heterocycles. The summed E-state index contributed by atoms with van der Waals surface area (Å²) in [6.45, 7) is 5.70. The molecule has 8 heteroatoms. The number of ether oxygens (including phenoxy) is 2. The Bertz CT molecular complexity index is 1280. The molecule has 0 spiro atoms. The van der Waals surface area contributed by atoms with Crippen molar-refractivity contribution in [1.82, 2.24) is 19.7 Å². The summed E-state index contributed by atoms with van der Waals surface area (Å²) >= 11 is 0. The third kappa shape index (κ3) is 4.80. The maximum absolute atomic E-state index is 6.08. The molecule has 1 aliphatic heterocycles. The molecule has 8 nitrogen and oxygen atoms in total. The minimum atomic E-state index is 0.206. The minimum Gasteiger partial charge on any atom is -0.490 e. The number of rotatable bonds is 6. The summed E-state index contributed by atoms with van der Waals surface area (Å²) in [5.74, 6) is 2.16. The van der Waals surface area contributed by atoms with Gasteiger partial charge in [0.05, 0.1) is 30.6 Å². The van der Waals surface area contributed by atoms with E-state index in [9.17, 15) is 0 Å². The smallest absolute Gasteiger partial charge is 0.175 e. The van der Waals surface area contributed by atoms with Crippen LogP contribution in [-0.4, -0.2) is 44.9 Å². The minimum absolute atomic E-state index is 0.206. The molecule has 0 unspecified atom stereocenters. The van der Waals surface area contributed by atoms with Crippen molar-refractivity contribution < 1.29 is 9.47 Å². The molecule has 33 heavy (non-hydrogen) atoms. The molecule has 1 fully saturated rings. The topological polar surface area (TPSA) is 89.3 Å². The predicted molar refractivity (Wildman–Crippen MR) is 129 cm³/mol. The highest BCUT2D eigenvalue weighted by Crippen LogP contribution is 2.23. The standard InChI is InChI=1S/C25H26N6O2/c1-17(18-3-4-19-16-27-30-23(19)15-18)28-24(25-26-11-12-31(25)2)29-20-5-7-21(8-6-20)33-22-9-13-32-14-10-22/h3-8,11-12,15-16,22H,1,9-10,13-14H2,2H3,(H,27,30)(H,28,29). The molecule has 0 bridgehead atoms. The van der Waals surface area contributed by atoms with Gasteiger partial charge in [-0.2, -0.15) is 5.10 Å². The lowest BCUT2D eigenvalue weighted by atomic mass is 10.1. The van der Waals surface area contributed by atoms with Crippen LogP contribution in [0.1, 0.15) is 24.2 Å². The van der Waals surface area contributed by atoms with Gasteiger partial charge in [0, 0.05) is 48.9 Å². The van der Waals surface area contributed by atoms with E-state index in [4.69, 9.17) is 14.5 Å². The quantitative estimate of drug-likeness (QED) is 0.342. The second-order valence-corrected chi connectivity index (χ2v) is 8.02. The molecule has 0 atom stereocenters. The van der Waals surface area contributed by atoms with E-state index in [2.05, 4.69) is 27.1 Å². The van der Waals surface area contributed by atoms with Gasteiger partial charge >= 0.3 is 0 Å². The van der Waals surface area contributed by atoms with Crippen LogP contribution >= 0.6 is 0 Å². The summed E-state index contributed by atoms with van der Waals surface area (Å²) in [6.07, 6.45) is 7.47. The number of nitrogens with zero attached hydrogens (tertiary/aromatic N) is 4. The second-order valence-electron chi connectivity index (χ2n) is 8.02. The van der Waals surface area contributed by atoms with Crippen LogP contribution in [0.3, 0.4) is 0 Å². The van der Waals surface area contributed by atoms with Gasteiger partial charge in [-0.05, 0) is 30.3 Å². The molecular formula is C25H26N6O2. The summed E-state index contributed by atoms with van der Waals surface area (Å²) in [5, 5.41) is 11.5. The van der Waals surface area contributed by atoms with Gasteiger partial charge in [0.15, 0.2) is 11.7 Å². The maximum Gasteiger partial charge on any atom is 0.175 e.